The Morgan fingerprint density at radius 1 is 1.07 bits per heavy atom. The number of allylic oxidation sites excluding steroid dienone is 1. The van der Waals surface area contributed by atoms with Crippen LogP contribution in [-0.4, -0.2) is 19.3 Å². The van der Waals surface area contributed by atoms with E-state index in [0.717, 1.165) is 55.6 Å². The van der Waals surface area contributed by atoms with E-state index in [4.69, 9.17) is 9.47 Å². The molecule has 1 atom stereocenters. The normalized spacial score (nSPS) is 16.7. The van der Waals surface area contributed by atoms with Crippen LogP contribution in [0, 0.1) is 9.39 Å². The lowest BCUT2D eigenvalue weighted by atomic mass is 9.91. The van der Waals surface area contributed by atoms with E-state index in [9.17, 15) is 0 Å². The van der Waals surface area contributed by atoms with E-state index in [1.807, 2.05) is 37.3 Å². The summed E-state index contributed by atoms with van der Waals surface area (Å²) in [5, 5.41) is 0. The van der Waals surface area contributed by atoms with Gasteiger partial charge in [-0.25, -0.2) is 4.39 Å². The van der Waals surface area contributed by atoms with Crippen molar-refractivity contribution in [2.75, 3.05) is 13.2 Å². The molecule has 0 aromatic heterocycles. The van der Waals surface area contributed by atoms with Gasteiger partial charge < -0.3 is 9.47 Å². The molecule has 2 aromatic carbocycles. The van der Waals surface area contributed by atoms with E-state index in [1.165, 1.54) is 5.57 Å². The van der Waals surface area contributed by atoms with Gasteiger partial charge in [0.2, 0.25) is 0 Å². The number of ether oxygens (including phenoxy) is 2. The third-order valence-electron chi connectivity index (χ3n) is 5.12. The third kappa shape index (κ3) is 5.15. The van der Waals surface area contributed by atoms with Gasteiger partial charge in [-0.05, 0) is 84.0 Å². The van der Waals surface area contributed by atoms with Gasteiger partial charge in [0, 0.05) is 12.2 Å². The van der Waals surface area contributed by atoms with Gasteiger partial charge in [0.15, 0.2) is 0 Å². The van der Waals surface area contributed by atoms with Crippen molar-refractivity contribution in [2.24, 2.45) is 0 Å². The lowest BCUT2D eigenvalue weighted by molar-refractivity contribution is 0.0466. The van der Waals surface area contributed by atoms with Crippen LogP contribution in [0.2, 0.25) is 0 Å². The zero-order chi connectivity index (χ0) is 19.9. The smallest absolute Gasteiger partial charge is 0.144 e. The molecule has 1 unspecified atom stereocenters. The van der Waals surface area contributed by atoms with Crippen LogP contribution in [0.5, 0.6) is 5.75 Å². The summed E-state index contributed by atoms with van der Waals surface area (Å²) in [6, 6.07) is 11.6. The molecule has 1 aliphatic carbocycles. The maximum atomic E-state index is 15.1. The van der Waals surface area contributed by atoms with Crippen molar-refractivity contribution in [3.63, 3.8) is 0 Å². The van der Waals surface area contributed by atoms with Crippen molar-refractivity contribution < 1.29 is 13.9 Å². The summed E-state index contributed by atoms with van der Waals surface area (Å²) in [6.45, 7) is 5.59. The molecule has 0 heterocycles. The maximum Gasteiger partial charge on any atom is 0.144 e. The molecule has 0 spiro atoms. The summed E-state index contributed by atoms with van der Waals surface area (Å²) >= 11 is 2.14. The van der Waals surface area contributed by atoms with Crippen LogP contribution in [0.15, 0.2) is 42.5 Å². The number of unbranched alkanes of at least 4 members (excludes halogenated alkanes) is 1. The molecular weight excluding hydrogens is 466 g/mol. The topological polar surface area (TPSA) is 18.5 Å². The summed E-state index contributed by atoms with van der Waals surface area (Å²) < 4.78 is 27.2. The molecule has 1 aliphatic rings. The fourth-order valence-electron chi connectivity index (χ4n) is 3.52. The van der Waals surface area contributed by atoms with Crippen molar-refractivity contribution in [1.82, 2.24) is 0 Å². The fraction of sp³-hybridized carbons (Fsp3) is 0.417. The maximum absolute atomic E-state index is 15.1. The zero-order valence-corrected chi connectivity index (χ0v) is 18.8. The van der Waals surface area contributed by atoms with Crippen molar-refractivity contribution in [1.29, 1.82) is 0 Å². The van der Waals surface area contributed by atoms with Gasteiger partial charge in [-0.2, -0.15) is 0 Å². The standard InChI is InChI=1S/C24H28FIO2/c1-3-5-16-28-20-12-8-18(9-13-20)22-15-14-21(23(25)24(22)26)17-6-10-19(11-7-17)27-4-2/h6-8,10-11,14-15,20H,3-5,9,12-13,16H2,1-2H3. The Kier molecular flexibility index (Phi) is 7.91. The summed E-state index contributed by atoms with van der Waals surface area (Å²) in [7, 11) is 0. The van der Waals surface area contributed by atoms with E-state index in [0.29, 0.717) is 21.8 Å². The van der Waals surface area contributed by atoms with E-state index >= 15 is 4.39 Å². The Morgan fingerprint density at radius 3 is 2.46 bits per heavy atom. The molecule has 0 aliphatic heterocycles. The molecule has 0 saturated heterocycles. The van der Waals surface area contributed by atoms with Crippen molar-refractivity contribution in [3.05, 3.63) is 57.4 Å². The highest BCUT2D eigenvalue weighted by Crippen LogP contribution is 2.36. The van der Waals surface area contributed by atoms with E-state index in [-0.39, 0.29) is 5.82 Å². The highest BCUT2D eigenvalue weighted by molar-refractivity contribution is 14.1. The molecule has 2 nitrogen and oxygen atoms in total. The van der Waals surface area contributed by atoms with Gasteiger partial charge >= 0.3 is 0 Å². The first kappa shape index (κ1) is 21.3. The van der Waals surface area contributed by atoms with Crippen molar-refractivity contribution in [2.45, 2.75) is 52.1 Å². The minimum atomic E-state index is -0.149. The Bertz CT molecular complexity index is 814. The predicted octanol–water partition coefficient (Wildman–Crippen LogP) is 7.25. The van der Waals surface area contributed by atoms with Crippen LogP contribution >= 0.6 is 22.6 Å². The molecule has 0 fully saturated rings. The summed E-state index contributed by atoms with van der Waals surface area (Å²) in [5.74, 6) is 0.658. The molecule has 0 saturated carbocycles. The monoisotopic (exact) mass is 494 g/mol. The van der Waals surface area contributed by atoms with Gasteiger partial charge in [-0.1, -0.05) is 43.7 Å². The van der Waals surface area contributed by atoms with Crippen LogP contribution < -0.4 is 4.74 Å². The average molecular weight is 494 g/mol. The van der Waals surface area contributed by atoms with Crippen LogP contribution in [0.3, 0.4) is 0 Å². The van der Waals surface area contributed by atoms with Gasteiger partial charge in [-0.3, -0.25) is 0 Å². The lowest BCUT2D eigenvalue weighted by Crippen LogP contribution is -2.16. The first-order chi connectivity index (χ1) is 13.6. The van der Waals surface area contributed by atoms with Gasteiger partial charge in [0.1, 0.15) is 11.6 Å². The molecule has 2 aromatic rings. The van der Waals surface area contributed by atoms with Gasteiger partial charge in [0.05, 0.1) is 16.3 Å². The van der Waals surface area contributed by atoms with Crippen LogP contribution in [0.1, 0.15) is 51.5 Å². The zero-order valence-electron chi connectivity index (χ0n) is 16.6. The SMILES string of the molecule is CCCCOC1CC=C(c2ccc(-c3ccc(OCC)cc3)c(F)c2I)CC1. The first-order valence-corrected chi connectivity index (χ1v) is 11.2. The van der Waals surface area contributed by atoms with E-state index in [2.05, 4.69) is 41.7 Å². The molecule has 3 rings (SSSR count). The number of hydrogen-bond donors (Lipinski definition) is 0. The van der Waals surface area contributed by atoms with Gasteiger partial charge in [0.25, 0.3) is 0 Å². The van der Waals surface area contributed by atoms with E-state index < -0.39 is 0 Å². The van der Waals surface area contributed by atoms with Crippen LogP contribution in [0.25, 0.3) is 16.7 Å². The van der Waals surface area contributed by atoms with Crippen LogP contribution in [-0.2, 0) is 4.74 Å². The Hall–Kier alpha value is -1.40. The third-order valence-corrected chi connectivity index (χ3v) is 6.17. The van der Waals surface area contributed by atoms with Crippen molar-refractivity contribution in [3.8, 4) is 16.9 Å². The highest BCUT2D eigenvalue weighted by atomic mass is 127. The Balaban J connectivity index is 1.75. The number of hydrogen-bond acceptors (Lipinski definition) is 2. The molecule has 0 amide bonds. The molecule has 0 bridgehead atoms. The largest absolute Gasteiger partial charge is 0.494 e. The summed E-state index contributed by atoms with van der Waals surface area (Å²) in [4.78, 5) is 0. The molecular formula is C24H28FIO2. The molecule has 150 valence electrons. The minimum Gasteiger partial charge on any atom is -0.494 e. The second-order valence-electron chi connectivity index (χ2n) is 7.10. The quantitative estimate of drug-likeness (QED) is 0.284. The summed E-state index contributed by atoms with van der Waals surface area (Å²) in [5.41, 5.74) is 3.75. The van der Waals surface area contributed by atoms with E-state index in [1.54, 1.807) is 0 Å². The molecule has 0 radical (unpaired) electrons. The predicted molar refractivity (Wildman–Crippen MR) is 122 cm³/mol. The lowest BCUT2D eigenvalue weighted by Gasteiger charge is -2.23. The van der Waals surface area contributed by atoms with Gasteiger partial charge in [-0.15, -0.1) is 0 Å². The Morgan fingerprint density at radius 2 is 1.82 bits per heavy atom. The van der Waals surface area contributed by atoms with Crippen LogP contribution in [0.4, 0.5) is 4.39 Å². The Labute approximate surface area is 181 Å². The number of halogens is 2. The van der Waals surface area contributed by atoms with Crippen molar-refractivity contribution >= 4 is 28.2 Å². The molecule has 4 heteroatoms. The minimum absolute atomic E-state index is 0.149. The number of benzene rings is 2. The first-order valence-electron chi connectivity index (χ1n) is 10.2. The fourth-order valence-corrected chi connectivity index (χ4v) is 4.33. The highest BCUT2D eigenvalue weighted by Gasteiger charge is 2.20. The second-order valence-corrected chi connectivity index (χ2v) is 8.17. The number of rotatable bonds is 8. The molecule has 28 heavy (non-hydrogen) atoms. The summed E-state index contributed by atoms with van der Waals surface area (Å²) in [6.07, 6.45) is 7.67. The molecule has 0 N–H and O–H groups in total. The average Bonchev–Trinajstić information content (AvgIpc) is 2.72. The second kappa shape index (κ2) is 10.4.